The van der Waals surface area contributed by atoms with Crippen molar-refractivity contribution in [3.8, 4) is 0 Å². The molecule has 0 aliphatic rings. The number of carbonyl (C=O) groups is 2. The number of amides is 1. The summed E-state index contributed by atoms with van der Waals surface area (Å²) in [5.74, 6) is -1.27. The average Bonchev–Trinajstić information content (AvgIpc) is 2.26. The predicted octanol–water partition coefficient (Wildman–Crippen LogP) is 1.76. The Morgan fingerprint density at radius 3 is 2.67 bits per heavy atom. The Balaban J connectivity index is 2.81. The van der Waals surface area contributed by atoms with Crippen LogP contribution in [0.1, 0.15) is 35.7 Å². The highest BCUT2D eigenvalue weighted by Gasteiger charge is 2.14. The summed E-state index contributed by atoms with van der Waals surface area (Å²) >= 11 is 0. The first-order valence-electron chi connectivity index (χ1n) is 5.80. The number of nitrogens with one attached hydrogen (secondary N) is 1. The topological polar surface area (TPSA) is 92.4 Å². The molecule has 0 radical (unpaired) electrons. The van der Waals surface area contributed by atoms with E-state index in [1.165, 1.54) is 0 Å². The molecule has 1 atom stereocenters. The molecule has 0 aliphatic carbocycles. The molecule has 0 spiro atoms. The second-order valence-electron chi connectivity index (χ2n) is 4.37. The van der Waals surface area contributed by atoms with Crippen LogP contribution in [0.25, 0.3) is 0 Å². The summed E-state index contributed by atoms with van der Waals surface area (Å²) in [6.45, 7) is 3.52. The monoisotopic (exact) mass is 250 g/mol. The van der Waals surface area contributed by atoms with Gasteiger partial charge in [-0.15, -0.1) is 0 Å². The minimum atomic E-state index is -1.05. The first kappa shape index (κ1) is 14.2. The van der Waals surface area contributed by atoms with Gasteiger partial charge in [0, 0.05) is 12.5 Å². The molecule has 0 fully saturated rings. The first-order chi connectivity index (χ1) is 8.41. The normalized spacial score (nSPS) is 11.9. The zero-order chi connectivity index (χ0) is 13.7. The number of aromatic carboxylic acids is 1. The Morgan fingerprint density at radius 1 is 1.44 bits per heavy atom. The third-order valence-corrected chi connectivity index (χ3v) is 2.59. The van der Waals surface area contributed by atoms with Crippen molar-refractivity contribution in [1.29, 1.82) is 0 Å². The smallest absolute Gasteiger partial charge is 0.338 e. The fourth-order valence-electron chi connectivity index (χ4n) is 1.63. The number of carboxylic acids is 1. The van der Waals surface area contributed by atoms with Crippen LogP contribution in [-0.2, 0) is 4.79 Å². The summed E-state index contributed by atoms with van der Waals surface area (Å²) in [6, 6.07) is 4.94. The average molecular weight is 250 g/mol. The SMILES string of the molecule is Cc1cccc(NC(=O)CCC(C)N)c1C(=O)O. The molecule has 4 N–H and O–H groups in total. The van der Waals surface area contributed by atoms with E-state index in [9.17, 15) is 9.59 Å². The zero-order valence-electron chi connectivity index (χ0n) is 10.6. The van der Waals surface area contributed by atoms with Crippen molar-refractivity contribution in [3.05, 3.63) is 29.3 Å². The van der Waals surface area contributed by atoms with Crippen molar-refractivity contribution in [2.45, 2.75) is 32.7 Å². The minimum absolute atomic E-state index is 0.0489. The lowest BCUT2D eigenvalue weighted by molar-refractivity contribution is -0.116. The molecule has 0 aliphatic heterocycles. The van der Waals surface area contributed by atoms with E-state index < -0.39 is 5.97 Å². The Hall–Kier alpha value is -1.88. The molecule has 98 valence electrons. The van der Waals surface area contributed by atoms with Gasteiger partial charge in [-0.2, -0.15) is 0 Å². The molecule has 0 saturated heterocycles. The number of hydrogen-bond acceptors (Lipinski definition) is 3. The minimum Gasteiger partial charge on any atom is -0.478 e. The van der Waals surface area contributed by atoms with Crippen LogP contribution < -0.4 is 11.1 Å². The Morgan fingerprint density at radius 2 is 2.11 bits per heavy atom. The van der Waals surface area contributed by atoms with Crippen LogP contribution in [0.2, 0.25) is 0 Å². The van der Waals surface area contributed by atoms with Gasteiger partial charge >= 0.3 is 5.97 Å². The highest BCUT2D eigenvalue weighted by molar-refractivity contribution is 6.01. The number of rotatable bonds is 5. The van der Waals surface area contributed by atoms with Gasteiger partial charge in [-0.1, -0.05) is 12.1 Å². The molecule has 1 aromatic carbocycles. The number of nitrogens with two attached hydrogens (primary N) is 1. The zero-order valence-corrected chi connectivity index (χ0v) is 10.6. The lowest BCUT2D eigenvalue weighted by Gasteiger charge is -2.11. The molecule has 0 bridgehead atoms. The molecule has 0 aromatic heterocycles. The van der Waals surface area contributed by atoms with Gasteiger partial charge in [0.25, 0.3) is 0 Å². The molecule has 1 aromatic rings. The highest BCUT2D eigenvalue weighted by atomic mass is 16.4. The number of anilines is 1. The lowest BCUT2D eigenvalue weighted by atomic mass is 10.1. The number of aryl methyl sites for hydroxylation is 1. The maximum atomic E-state index is 11.6. The van der Waals surface area contributed by atoms with Gasteiger partial charge in [-0.25, -0.2) is 4.79 Å². The van der Waals surface area contributed by atoms with E-state index in [1.807, 2.05) is 6.92 Å². The van der Waals surface area contributed by atoms with E-state index in [1.54, 1.807) is 25.1 Å². The molecular weight excluding hydrogens is 232 g/mol. The van der Waals surface area contributed by atoms with Gasteiger partial charge in [0.1, 0.15) is 0 Å². The second kappa shape index (κ2) is 6.16. The van der Waals surface area contributed by atoms with Crippen molar-refractivity contribution in [2.75, 3.05) is 5.32 Å². The summed E-state index contributed by atoms with van der Waals surface area (Å²) in [4.78, 5) is 22.8. The third-order valence-electron chi connectivity index (χ3n) is 2.59. The van der Waals surface area contributed by atoms with Gasteiger partial charge in [0.05, 0.1) is 11.3 Å². The van der Waals surface area contributed by atoms with Crippen molar-refractivity contribution in [1.82, 2.24) is 0 Å². The molecule has 1 rings (SSSR count). The lowest BCUT2D eigenvalue weighted by Crippen LogP contribution is -2.20. The quantitative estimate of drug-likeness (QED) is 0.742. The fraction of sp³-hybridized carbons (Fsp3) is 0.385. The van der Waals surface area contributed by atoms with Crippen molar-refractivity contribution >= 4 is 17.6 Å². The molecule has 5 heteroatoms. The van der Waals surface area contributed by atoms with Gasteiger partial charge in [0.2, 0.25) is 5.91 Å². The Kier molecular flexibility index (Phi) is 4.85. The van der Waals surface area contributed by atoms with E-state index in [0.29, 0.717) is 17.7 Å². The standard InChI is InChI=1S/C13H18N2O3/c1-8-4-3-5-10(12(8)13(17)18)15-11(16)7-6-9(2)14/h3-5,9H,6-7,14H2,1-2H3,(H,15,16)(H,17,18). The molecule has 1 amide bonds. The van der Waals surface area contributed by atoms with E-state index in [-0.39, 0.29) is 23.9 Å². The molecule has 5 nitrogen and oxygen atoms in total. The maximum absolute atomic E-state index is 11.6. The number of benzene rings is 1. The first-order valence-corrected chi connectivity index (χ1v) is 5.80. The van der Waals surface area contributed by atoms with E-state index in [2.05, 4.69) is 5.32 Å². The summed E-state index contributed by atoms with van der Waals surface area (Å²) in [7, 11) is 0. The van der Waals surface area contributed by atoms with Crippen molar-refractivity contribution in [3.63, 3.8) is 0 Å². The van der Waals surface area contributed by atoms with Crippen molar-refractivity contribution < 1.29 is 14.7 Å². The van der Waals surface area contributed by atoms with Crippen LogP contribution in [0.4, 0.5) is 5.69 Å². The van der Waals surface area contributed by atoms with Crippen LogP contribution in [0, 0.1) is 6.92 Å². The Labute approximate surface area is 106 Å². The molecule has 18 heavy (non-hydrogen) atoms. The van der Waals surface area contributed by atoms with Crippen molar-refractivity contribution in [2.24, 2.45) is 5.73 Å². The van der Waals surface area contributed by atoms with E-state index in [4.69, 9.17) is 10.8 Å². The van der Waals surface area contributed by atoms with Gasteiger partial charge < -0.3 is 16.2 Å². The molecule has 0 heterocycles. The van der Waals surface area contributed by atoms with E-state index >= 15 is 0 Å². The van der Waals surface area contributed by atoms with Gasteiger partial charge in [0.15, 0.2) is 0 Å². The number of carbonyl (C=O) groups excluding carboxylic acids is 1. The van der Waals surface area contributed by atoms with Crippen LogP contribution in [0.3, 0.4) is 0 Å². The summed E-state index contributed by atoms with van der Waals surface area (Å²) in [5, 5.41) is 11.7. The predicted molar refractivity (Wildman–Crippen MR) is 69.7 cm³/mol. The van der Waals surface area contributed by atoms with Gasteiger partial charge in [-0.05, 0) is 31.9 Å². The van der Waals surface area contributed by atoms with Crippen LogP contribution >= 0.6 is 0 Å². The number of hydrogen-bond donors (Lipinski definition) is 3. The largest absolute Gasteiger partial charge is 0.478 e. The summed E-state index contributed by atoms with van der Waals surface area (Å²) in [6.07, 6.45) is 0.852. The molecular formula is C13H18N2O3. The highest BCUT2D eigenvalue weighted by Crippen LogP contribution is 2.19. The van der Waals surface area contributed by atoms with E-state index in [0.717, 1.165) is 0 Å². The molecule has 0 saturated carbocycles. The summed E-state index contributed by atoms with van der Waals surface area (Å²) in [5.41, 5.74) is 6.64. The fourth-order valence-corrected chi connectivity index (χ4v) is 1.63. The Bertz CT molecular complexity index is 456. The number of carboxylic acid groups (broad SMARTS) is 1. The second-order valence-corrected chi connectivity index (χ2v) is 4.37. The van der Waals surface area contributed by atoms with Crippen LogP contribution in [0.15, 0.2) is 18.2 Å². The third kappa shape index (κ3) is 3.85. The summed E-state index contributed by atoms with van der Waals surface area (Å²) < 4.78 is 0. The van der Waals surface area contributed by atoms with Crippen LogP contribution in [0.5, 0.6) is 0 Å². The molecule has 1 unspecified atom stereocenters. The van der Waals surface area contributed by atoms with Gasteiger partial charge in [-0.3, -0.25) is 4.79 Å². The van der Waals surface area contributed by atoms with Crippen LogP contribution in [-0.4, -0.2) is 23.0 Å². The maximum Gasteiger partial charge on any atom is 0.338 e.